The molecular weight excluding hydrogens is 118 g/mol. The SMILES string of the molecule is O.[CaH2].[KH].[NaH]. The molecule has 0 rings (SSSR count). The van der Waals surface area contributed by atoms with Crippen LogP contribution >= 0.6 is 0 Å². The summed E-state index contributed by atoms with van der Waals surface area (Å²) in [7, 11) is 0. The first-order valence-electron chi connectivity index (χ1n) is 0. The molecule has 0 heterocycles. The summed E-state index contributed by atoms with van der Waals surface area (Å²) < 4.78 is 0. The summed E-state index contributed by atoms with van der Waals surface area (Å²) in [6, 6.07) is 0. The van der Waals surface area contributed by atoms with Gasteiger partial charge in [-0.2, -0.15) is 0 Å². The van der Waals surface area contributed by atoms with E-state index in [0.29, 0.717) is 0 Å². The van der Waals surface area contributed by atoms with Gasteiger partial charge < -0.3 is 5.48 Å². The molecule has 0 spiro atoms. The van der Waals surface area contributed by atoms with E-state index in [1.807, 2.05) is 0 Å². The Hall–Kier alpha value is 3.86. The fraction of sp³-hybridized carbons (Fsp3) is 0. The average molecular weight is 124 g/mol. The van der Waals surface area contributed by atoms with Crippen molar-refractivity contribution in [2.45, 2.75) is 0 Å². The van der Waals surface area contributed by atoms with Gasteiger partial charge in [-0.3, -0.25) is 0 Å². The molecule has 0 atom stereocenters. The Morgan fingerprint density at radius 2 is 1.00 bits per heavy atom. The normalized spacial score (nSPS) is 0. The van der Waals surface area contributed by atoms with Gasteiger partial charge in [-0.15, -0.1) is 0 Å². The molecule has 0 amide bonds. The fourth-order valence-electron chi connectivity index (χ4n) is 0. The van der Waals surface area contributed by atoms with Crippen molar-refractivity contribution in [1.29, 1.82) is 0 Å². The third-order valence-corrected chi connectivity index (χ3v) is 0. The van der Waals surface area contributed by atoms with Crippen LogP contribution in [0.4, 0.5) is 0 Å². The number of rotatable bonds is 0. The third kappa shape index (κ3) is 9.29. The standard InChI is InChI=1S/Ca.K.Na.H2O.4H/h;;;1H2;;;;. The minimum atomic E-state index is 0. The molecule has 0 aliphatic carbocycles. The van der Waals surface area contributed by atoms with Crippen LogP contribution in [0.2, 0.25) is 0 Å². The van der Waals surface area contributed by atoms with Gasteiger partial charge in [-0.25, -0.2) is 0 Å². The molecule has 0 aromatic rings. The third-order valence-electron chi connectivity index (χ3n) is 0. The quantitative estimate of drug-likeness (QED) is 0.308. The fourth-order valence-corrected chi connectivity index (χ4v) is 0. The van der Waals surface area contributed by atoms with Crippen LogP contribution in [-0.4, -0.2) is 124 Å². The first kappa shape index (κ1) is 24.8. The Bertz CT molecular complexity index is 8.00. The summed E-state index contributed by atoms with van der Waals surface area (Å²) in [5.74, 6) is 0. The van der Waals surface area contributed by atoms with Gasteiger partial charge in [0.2, 0.25) is 0 Å². The molecule has 0 aromatic heterocycles. The van der Waals surface area contributed by atoms with Gasteiger partial charge in [-0.05, 0) is 0 Å². The summed E-state index contributed by atoms with van der Waals surface area (Å²) in [6.45, 7) is 0. The van der Waals surface area contributed by atoms with E-state index < -0.39 is 0 Å². The second kappa shape index (κ2) is 15.8. The zero-order valence-electron chi connectivity index (χ0n) is 0.500. The molecule has 0 saturated heterocycles. The Labute approximate surface area is 120 Å². The molecule has 1 nitrogen and oxygen atoms in total. The Kier molecular flexibility index (Phi) is 98.2. The molecule has 4 heavy (non-hydrogen) atoms. The second-order valence-corrected chi connectivity index (χ2v) is 0. The van der Waals surface area contributed by atoms with E-state index in [-0.39, 0.29) is 124 Å². The van der Waals surface area contributed by atoms with E-state index in [9.17, 15) is 0 Å². The van der Waals surface area contributed by atoms with Crippen molar-refractivity contribution in [2.24, 2.45) is 0 Å². The van der Waals surface area contributed by atoms with E-state index in [1.165, 1.54) is 0 Å². The van der Waals surface area contributed by atoms with Crippen LogP contribution in [0.3, 0.4) is 0 Å². The molecule has 0 aliphatic heterocycles. The molecule has 0 fully saturated rings. The molecule has 0 aliphatic rings. The zero-order valence-corrected chi connectivity index (χ0v) is 0.500. The maximum absolute atomic E-state index is 0. The van der Waals surface area contributed by atoms with Crippen molar-refractivity contribution in [1.82, 2.24) is 0 Å². The molecular formula is H6CaKNaO. The van der Waals surface area contributed by atoms with Crippen molar-refractivity contribution in [3.05, 3.63) is 0 Å². The van der Waals surface area contributed by atoms with E-state index in [4.69, 9.17) is 0 Å². The van der Waals surface area contributed by atoms with Crippen LogP contribution in [0.1, 0.15) is 0 Å². The number of hydrogen-bond donors (Lipinski definition) is 0. The summed E-state index contributed by atoms with van der Waals surface area (Å²) in [5.41, 5.74) is 0. The molecule has 4 heteroatoms. The second-order valence-electron chi connectivity index (χ2n) is 0. The van der Waals surface area contributed by atoms with Gasteiger partial charge in [0.1, 0.15) is 0 Å². The Balaban J connectivity index is 0. The molecule has 16 valence electrons. The zero-order chi connectivity index (χ0) is 0. The first-order valence-corrected chi connectivity index (χ1v) is 0. The van der Waals surface area contributed by atoms with Crippen LogP contribution in [-0.2, 0) is 0 Å². The van der Waals surface area contributed by atoms with E-state index in [0.717, 1.165) is 0 Å². The maximum atomic E-state index is 0. The Morgan fingerprint density at radius 3 is 1.00 bits per heavy atom. The molecule has 0 unspecified atom stereocenters. The van der Waals surface area contributed by atoms with Crippen LogP contribution in [0, 0.1) is 0 Å². The molecule has 0 saturated carbocycles. The van der Waals surface area contributed by atoms with E-state index >= 15 is 0 Å². The van der Waals surface area contributed by atoms with Crippen LogP contribution in [0.25, 0.3) is 0 Å². The van der Waals surface area contributed by atoms with Crippen LogP contribution < -0.4 is 0 Å². The predicted molar refractivity (Wildman–Crippen MR) is 26.5 cm³/mol. The number of hydrogen-bond acceptors (Lipinski definition) is 0. The Morgan fingerprint density at radius 1 is 1.00 bits per heavy atom. The van der Waals surface area contributed by atoms with Crippen LogP contribution in [0.5, 0.6) is 0 Å². The topological polar surface area (TPSA) is 31.5 Å². The summed E-state index contributed by atoms with van der Waals surface area (Å²) in [4.78, 5) is 0. The molecule has 0 bridgehead atoms. The summed E-state index contributed by atoms with van der Waals surface area (Å²) in [6.07, 6.45) is 0. The minimum absolute atomic E-state index is 0. The van der Waals surface area contributed by atoms with Crippen molar-refractivity contribution >= 4 is 119 Å². The van der Waals surface area contributed by atoms with Gasteiger partial charge in [-0.1, -0.05) is 0 Å². The van der Waals surface area contributed by atoms with Crippen molar-refractivity contribution in [3.8, 4) is 0 Å². The first-order chi connectivity index (χ1) is 0. The molecule has 0 aromatic carbocycles. The summed E-state index contributed by atoms with van der Waals surface area (Å²) >= 11 is 0. The average Bonchev–Trinajstić information content (AvgIpc) is 0. The predicted octanol–water partition coefficient (Wildman–Crippen LogP) is -3.04. The van der Waals surface area contributed by atoms with E-state index in [2.05, 4.69) is 0 Å². The van der Waals surface area contributed by atoms with Gasteiger partial charge in [0, 0.05) is 0 Å². The van der Waals surface area contributed by atoms with Gasteiger partial charge >= 0.3 is 119 Å². The van der Waals surface area contributed by atoms with E-state index in [1.54, 1.807) is 0 Å². The van der Waals surface area contributed by atoms with Crippen LogP contribution in [0.15, 0.2) is 0 Å². The summed E-state index contributed by atoms with van der Waals surface area (Å²) in [5, 5.41) is 0. The van der Waals surface area contributed by atoms with Crippen molar-refractivity contribution < 1.29 is 5.48 Å². The molecule has 0 radical (unpaired) electrons. The van der Waals surface area contributed by atoms with Crippen molar-refractivity contribution in [3.63, 3.8) is 0 Å². The van der Waals surface area contributed by atoms with Gasteiger partial charge in [0.05, 0.1) is 0 Å². The van der Waals surface area contributed by atoms with Gasteiger partial charge in [0.15, 0.2) is 0 Å². The monoisotopic (exact) mass is 124 g/mol. The molecule has 2 N–H and O–H groups in total. The van der Waals surface area contributed by atoms with Crippen molar-refractivity contribution in [2.75, 3.05) is 0 Å². The van der Waals surface area contributed by atoms with Gasteiger partial charge in [0.25, 0.3) is 0 Å².